The smallest absolute Gasteiger partial charge is 0.289 e. The number of benzene rings is 1. The van der Waals surface area contributed by atoms with Crippen molar-refractivity contribution in [3.63, 3.8) is 0 Å². The summed E-state index contributed by atoms with van der Waals surface area (Å²) in [5.41, 5.74) is 1.11. The molecule has 9 heteroatoms. The van der Waals surface area contributed by atoms with E-state index in [-0.39, 0.29) is 23.0 Å². The van der Waals surface area contributed by atoms with Gasteiger partial charge in [0.05, 0.1) is 4.92 Å². The van der Waals surface area contributed by atoms with Crippen LogP contribution in [0.25, 0.3) is 0 Å². The molecule has 1 aliphatic heterocycles. The molecule has 142 valence electrons. The summed E-state index contributed by atoms with van der Waals surface area (Å²) in [6, 6.07) is 2.77. The quantitative estimate of drug-likeness (QED) is 0.594. The van der Waals surface area contributed by atoms with Gasteiger partial charge >= 0.3 is 0 Å². The van der Waals surface area contributed by atoms with Crippen LogP contribution in [-0.4, -0.2) is 43.8 Å². The zero-order valence-electron chi connectivity index (χ0n) is 14.8. The van der Waals surface area contributed by atoms with Gasteiger partial charge in [-0.2, -0.15) is 4.31 Å². The lowest BCUT2D eigenvalue weighted by atomic mass is 9.98. The van der Waals surface area contributed by atoms with Crippen LogP contribution in [0.1, 0.15) is 30.9 Å². The van der Waals surface area contributed by atoms with Gasteiger partial charge in [0.1, 0.15) is 0 Å². The minimum atomic E-state index is -3.85. The maximum atomic E-state index is 12.9. The van der Waals surface area contributed by atoms with Gasteiger partial charge in [0.2, 0.25) is 10.0 Å². The first-order valence-electron chi connectivity index (χ1n) is 8.23. The number of hydrogen-bond donors (Lipinski definition) is 1. The van der Waals surface area contributed by atoms with Crippen LogP contribution in [0.5, 0.6) is 0 Å². The van der Waals surface area contributed by atoms with Crippen LogP contribution in [0.3, 0.4) is 0 Å². The predicted octanol–water partition coefficient (Wildman–Crippen LogP) is 2.64. The van der Waals surface area contributed by atoms with Crippen molar-refractivity contribution in [2.75, 3.05) is 26.2 Å². The SMILES string of the molecule is CCNCC1CCN(S(=O)(=O)c2cc(C)c(C)cc2[N+](=O)[O-])CC1.Cl. The molecule has 0 bridgehead atoms. The highest BCUT2D eigenvalue weighted by Crippen LogP contribution is 2.31. The molecule has 1 heterocycles. The highest BCUT2D eigenvalue weighted by Gasteiger charge is 2.34. The normalized spacial score (nSPS) is 16.4. The fraction of sp³-hybridized carbons (Fsp3) is 0.625. The third-order valence-corrected chi connectivity index (χ3v) is 6.57. The van der Waals surface area contributed by atoms with Crippen LogP contribution in [0, 0.1) is 29.9 Å². The largest absolute Gasteiger partial charge is 0.317 e. The van der Waals surface area contributed by atoms with E-state index in [2.05, 4.69) is 5.32 Å². The van der Waals surface area contributed by atoms with Crippen molar-refractivity contribution < 1.29 is 13.3 Å². The standard InChI is InChI=1S/C16H25N3O4S.ClH/c1-4-17-11-14-5-7-18(8-6-14)24(22,23)16-10-13(3)12(2)9-15(16)19(20)21;/h9-10,14,17H,4-8,11H2,1-3H3;1H. The molecule has 1 N–H and O–H groups in total. The number of aryl methyl sites for hydroxylation is 2. The average Bonchev–Trinajstić information content (AvgIpc) is 2.55. The Kier molecular flexibility index (Phi) is 7.80. The molecule has 1 fully saturated rings. The summed E-state index contributed by atoms with van der Waals surface area (Å²) in [4.78, 5) is 10.5. The Morgan fingerprint density at radius 2 is 1.80 bits per heavy atom. The van der Waals surface area contributed by atoms with Gasteiger partial charge in [-0.3, -0.25) is 10.1 Å². The third-order valence-electron chi connectivity index (χ3n) is 4.65. The second-order valence-electron chi connectivity index (χ2n) is 6.32. The summed E-state index contributed by atoms with van der Waals surface area (Å²) in [6.07, 6.45) is 1.54. The van der Waals surface area contributed by atoms with Crippen molar-refractivity contribution in [2.45, 2.75) is 38.5 Å². The minimum Gasteiger partial charge on any atom is -0.317 e. The lowest BCUT2D eigenvalue weighted by molar-refractivity contribution is -0.387. The Labute approximate surface area is 155 Å². The van der Waals surface area contributed by atoms with E-state index in [4.69, 9.17) is 0 Å². The second-order valence-corrected chi connectivity index (χ2v) is 8.22. The van der Waals surface area contributed by atoms with Gasteiger partial charge in [-0.05, 0) is 62.9 Å². The number of nitro groups is 1. The number of nitrogens with one attached hydrogen (secondary N) is 1. The molecule has 1 saturated heterocycles. The molecule has 1 aliphatic rings. The van der Waals surface area contributed by atoms with Crippen LogP contribution in [-0.2, 0) is 10.0 Å². The molecule has 0 spiro atoms. The Balaban J connectivity index is 0.00000312. The van der Waals surface area contributed by atoms with Crippen molar-refractivity contribution >= 4 is 28.1 Å². The Hall–Kier alpha value is -1.22. The molecule has 0 aromatic heterocycles. The first kappa shape index (κ1) is 21.8. The van der Waals surface area contributed by atoms with Crippen molar-refractivity contribution in [2.24, 2.45) is 5.92 Å². The lowest BCUT2D eigenvalue weighted by Gasteiger charge is -2.31. The third kappa shape index (κ3) is 4.91. The number of sulfonamides is 1. The van der Waals surface area contributed by atoms with E-state index in [0.717, 1.165) is 31.5 Å². The number of nitro benzene ring substituents is 1. The number of halogens is 1. The van der Waals surface area contributed by atoms with Gasteiger partial charge < -0.3 is 5.32 Å². The van der Waals surface area contributed by atoms with Gasteiger partial charge in [-0.15, -0.1) is 12.4 Å². The van der Waals surface area contributed by atoms with E-state index >= 15 is 0 Å². The first-order valence-corrected chi connectivity index (χ1v) is 9.67. The van der Waals surface area contributed by atoms with Crippen molar-refractivity contribution in [3.8, 4) is 0 Å². The van der Waals surface area contributed by atoms with Crippen molar-refractivity contribution in [3.05, 3.63) is 33.4 Å². The van der Waals surface area contributed by atoms with Crippen LogP contribution < -0.4 is 5.32 Å². The van der Waals surface area contributed by atoms with Crippen LogP contribution >= 0.6 is 12.4 Å². The van der Waals surface area contributed by atoms with Crippen molar-refractivity contribution in [1.82, 2.24) is 9.62 Å². The monoisotopic (exact) mass is 391 g/mol. The Morgan fingerprint density at radius 3 is 2.32 bits per heavy atom. The van der Waals surface area contributed by atoms with E-state index in [1.54, 1.807) is 13.8 Å². The van der Waals surface area contributed by atoms with E-state index < -0.39 is 14.9 Å². The summed E-state index contributed by atoms with van der Waals surface area (Å²) >= 11 is 0. The summed E-state index contributed by atoms with van der Waals surface area (Å²) in [5, 5.41) is 14.6. The van der Waals surface area contributed by atoms with E-state index in [0.29, 0.717) is 24.6 Å². The Morgan fingerprint density at radius 1 is 1.24 bits per heavy atom. The van der Waals surface area contributed by atoms with E-state index in [9.17, 15) is 18.5 Å². The van der Waals surface area contributed by atoms with Crippen molar-refractivity contribution in [1.29, 1.82) is 0 Å². The molecular formula is C16H26ClN3O4S. The maximum Gasteiger partial charge on any atom is 0.289 e. The number of piperidine rings is 1. The highest BCUT2D eigenvalue weighted by molar-refractivity contribution is 7.89. The number of nitrogens with zero attached hydrogens (tertiary/aromatic N) is 2. The fourth-order valence-corrected chi connectivity index (χ4v) is 4.66. The maximum absolute atomic E-state index is 12.9. The predicted molar refractivity (Wildman–Crippen MR) is 99.8 cm³/mol. The zero-order valence-corrected chi connectivity index (χ0v) is 16.5. The molecule has 25 heavy (non-hydrogen) atoms. The van der Waals surface area contributed by atoms with Gasteiger partial charge in [0.25, 0.3) is 5.69 Å². The van der Waals surface area contributed by atoms with Gasteiger partial charge in [0.15, 0.2) is 4.90 Å². The van der Waals surface area contributed by atoms with Crippen LogP contribution in [0.4, 0.5) is 5.69 Å². The highest BCUT2D eigenvalue weighted by atomic mass is 35.5. The molecule has 0 aliphatic carbocycles. The summed E-state index contributed by atoms with van der Waals surface area (Å²) in [5.74, 6) is 0.450. The molecule has 2 rings (SSSR count). The summed E-state index contributed by atoms with van der Waals surface area (Å²) in [6.45, 7) is 8.14. The fourth-order valence-electron chi connectivity index (χ4n) is 2.97. The molecule has 0 saturated carbocycles. The minimum absolute atomic E-state index is 0. The molecule has 0 atom stereocenters. The topological polar surface area (TPSA) is 92.6 Å². The molecule has 0 unspecified atom stereocenters. The van der Waals surface area contributed by atoms with Crippen LogP contribution in [0.15, 0.2) is 17.0 Å². The zero-order chi connectivity index (χ0) is 17.9. The van der Waals surface area contributed by atoms with Crippen LogP contribution in [0.2, 0.25) is 0 Å². The molecule has 0 radical (unpaired) electrons. The summed E-state index contributed by atoms with van der Waals surface area (Å²) in [7, 11) is -3.85. The molecule has 7 nitrogen and oxygen atoms in total. The second kappa shape index (κ2) is 8.93. The summed E-state index contributed by atoms with van der Waals surface area (Å²) < 4.78 is 27.2. The Bertz CT molecular complexity index is 716. The van der Waals surface area contributed by atoms with E-state index in [1.807, 2.05) is 6.92 Å². The van der Waals surface area contributed by atoms with Gasteiger partial charge in [-0.1, -0.05) is 6.92 Å². The number of rotatable bonds is 6. The molecule has 1 aromatic rings. The van der Waals surface area contributed by atoms with Gasteiger partial charge in [-0.25, -0.2) is 8.42 Å². The first-order chi connectivity index (χ1) is 11.3. The molecular weight excluding hydrogens is 366 g/mol. The molecule has 0 amide bonds. The average molecular weight is 392 g/mol. The van der Waals surface area contributed by atoms with E-state index in [1.165, 1.54) is 16.4 Å². The molecule has 1 aromatic carbocycles. The lowest BCUT2D eigenvalue weighted by Crippen LogP contribution is -2.40. The van der Waals surface area contributed by atoms with Gasteiger partial charge in [0, 0.05) is 19.2 Å². The number of hydrogen-bond acceptors (Lipinski definition) is 5.